The lowest BCUT2D eigenvalue weighted by molar-refractivity contribution is 0.579. The van der Waals surface area contributed by atoms with Crippen LogP contribution < -0.4 is 10.5 Å². The lowest BCUT2D eigenvalue weighted by atomic mass is 10.1. The molecule has 0 atom stereocenters. The topological polar surface area (TPSA) is 72.2 Å². The van der Waals surface area contributed by atoms with Crippen molar-refractivity contribution in [1.82, 2.24) is 4.72 Å². The van der Waals surface area contributed by atoms with Crippen molar-refractivity contribution in [2.75, 3.05) is 12.3 Å². The van der Waals surface area contributed by atoms with E-state index in [0.29, 0.717) is 23.2 Å². The minimum atomic E-state index is -3.66. The molecule has 2 rings (SSSR count). The highest BCUT2D eigenvalue weighted by Crippen LogP contribution is 2.21. The van der Waals surface area contributed by atoms with E-state index in [0.717, 1.165) is 5.56 Å². The van der Waals surface area contributed by atoms with Gasteiger partial charge in [0.1, 0.15) is 5.82 Å². The third-order valence-corrected chi connectivity index (χ3v) is 5.14. The predicted octanol–water partition coefficient (Wildman–Crippen LogP) is 2.55. The van der Waals surface area contributed by atoms with Crippen molar-refractivity contribution in [1.29, 1.82) is 0 Å². The number of nitrogens with one attached hydrogen (secondary N) is 1. The first-order valence-electron chi connectivity index (χ1n) is 6.90. The molecule has 0 saturated carbocycles. The molecule has 118 valence electrons. The minimum Gasteiger partial charge on any atom is -0.399 e. The Balaban J connectivity index is 2.10. The van der Waals surface area contributed by atoms with Crippen LogP contribution >= 0.6 is 0 Å². The molecule has 0 aliphatic rings. The van der Waals surface area contributed by atoms with Crippen LogP contribution in [0.4, 0.5) is 10.1 Å². The molecule has 6 heteroatoms. The predicted molar refractivity (Wildman–Crippen MR) is 85.6 cm³/mol. The van der Waals surface area contributed by atoms with Gasteiger partial charge < -0.3 is 5.73 Å². The summed E-state index contributed by atoms with van der Waals surface area (Å²) in [4.78, 5) is 0.145. The van der Waals surface area contributed by atoms with E-state index in [1.54, 1.807) is 26.0 Å². The maximum atomic E-state index is 13.3. The van der Waals surface area contributed by atoms with Crippen LogP contribution in [0.5, 0.6) is 0 Å². The van der Waals surface area contributed by atoms with Crippen LogP contribution in [-0.4, -0.2) is 15.0 Å². The summed E-state index contributed by atoms with van der Waals surface area (Å²) in [5.41, 5.74) is 8.06. The van der Waals surface area contributed by atoms with Crippen LogP contribution in [0, 0.1) is 19.7 Å². The van der Waals surface area contributed by atoms with Crippen molar-refractivity contribution < 1.29 is 12.8 Å². The number of halogens is 1. The molecule has 2 aromatic carbocycles. The zero-order valence-electron chi connectivity index (χ0n) is 12.6. The Morgan fingerprint density at radius 3 is 2.18 bits per heavy atom. The highest BCUT2D eigenvalue weighted by atomic mass is 32.2. The van der Waals surface area contributed by atoms with Gasteiger partial charge in [0.05, 0.1) is 4.90 Å². The smallest absolute Gasteiger partial charge is 0.241 e. The van der Waals surface area contributed by atoms with Crippen LogP contribution in [0.15, 0.2) is 41.3 Å². The molecule has 0 radical (unpaired) electrons. The molecule has 0 aromatic heterocycles. The maximum absolute atomic E-state index is 13.3. The molecule has 0 unspecified atom stereocenters. The molecule has 0 spiro atoms. The number of nitrogens with two attached hydrogens (primary N) is 1. The van der Waals surface area contributed by atoms with E-state index in [2.05, 4.69) is 4.72 Å². The Morgan fingerprint density at radius 1 is 1.09 bits per heavy atom. The fourth-order valence-corrected chi connectivity index (χ4v) is 3.89. The normalized spacial score (nSPS) is 11.6. The van der Waals surface area contributed by atoms with Gasteiger partial charge in [-0.1, -0.05) is 12.1 Å². The van der Waals surface area contributed by atoms with Gasteiger partial charge in [-0.25, -0.2) is 17.5 Å². The summed E-state index contributed by atoms with van der Waals surface area (Å²) in [6, 6.07) is 9.72. The Morgan fingerprint density at radius 2 is 1.64 bits per heavy atom. The highest BCUT2D eigenvalue weighted by Gasteiger charge is 2.19. The Kier molecular flexibility index (Phi) is 4.83. The number of aryl methyl sites for hydroxylation is 2. The van der Waals surface area contributed by atoms with Crippen LogP contribution in [-0.2, 0) is 16.4 Å². The maximum Gasteiger partial charge on any atom is 0.241 e. The zero-order valence-corrected chi connectivity index (χ0v) is 13.4. The van der Waals surface area contributed by atoms with Crippen molar-refractivity contribution in [2.45, 2.75) is 25.2 Å². The second kappa shape index (κ2) is 6.46. The summed E-state index contributed by atoms with van der Waals surface area (Å²) in [6.07, 6.45) is 0.554. The van der Waals surface area contributed by atoms with Gasteiger partial charge in [0.2, 0.25) is 10.0 Å². The molecule has 0 fully saturated rings. The lowest BCUT2D eigenvalue weighted by Crippen LogP contribution is -2.27. The van der Waals surface area contributed by atoms with E-state index in [1.807, 2.05) is 12.1 Å². The summed E-state index contributed by atoms with van der Waals surface area (Å²) in [6.45, 7) is 3.44. The van der Waals surface area contributed by atoms with Crippen molar-refractivity contribution in [3.8, 4) is 0 Å². The van der Waals surface area contributed by atoms with E-state index < -0.39 is 15.8 Å². The quantitative estimate of drug-likeness (QED) is 0.831. The second-order valence-corrected chi connectivity index (χ2v) is 6.96. The van der Waals surface area contributed by atoms with Gasteiger partial charge >= 0.3 is 0 Å². The number of anilines is 1. The molecule has 0 aliphatic carbocycles. The summed E-state index contributed by atoms with van der Waals surface area (Å²) in [5, 5.41) is 0. The van der Waals surface area contributed by atoms with E-state index in [9.17, 15) is 12.8 Å². The van der Waals surface area contributed by atoms with Crippen molar-refractivity contribution in [3.05, 3.63) is 58.9 Å². The van der Waals surface area contributed by atoms with Crippen molar-refractivity contribution >= 4 is 15.7 Å². The van der Waals surface area contributed by atoms with Crippen molar-refractivity contribution in [2.24, 2.45) is 0 Å². The lowest BCUT2D eigenvalue weighted by Gasteiger charge is -2.12. The zero-order chi connectivity index (χ0) is 16.3. The first-order valence-corrected chi connectivity index (χ1v) is 8.39. The molecular formula is C16H19FN2O2S. The standard InChI is InChI=1S/C16H19FN2O2S/c1-11-9-14(17)10-12(2)16(11)22(20,21)19-8-7-13-3-5-15(18)6-4-13/h3-6,9-10,19H,7-8,18H2,1-2H3. The van der Waals surface area contributed by atoms with Crippen LogP contribution in [0.3, 0.4) is 0 Å². The van der Waals surface area contributed by atoms with Gasteiger partial charge in [-0.3, -0.25) is 0 Å². The van der Waals surface area contributed by atoms with Gasteiger partial charge in [0.15, 0.2) is 0 Å². The van der Waals surface area contributed by atoms with Crippen molar-refractivity contribution in [3.63, 3.8) is 0 Å². The molecule has 4 nitrogen and oxygen atoms in total. The molecule has 0 heterocycles. The molecular weight excluding hydrogens is 303 g/mol. The van der Waals surface area contributed by atoms with Gasteiger partial charge in [-0.15, -0.1) is 0 Å². The molecule has 0 aliphatic heterocycles. The molecule has 3 N–H and O–H groups in total. The average molecular weight is 322 g/mol. The summed E-state index contributed by atoms with van der Waals surface area (Å²) in [5.74, 6) is -0.434. The van der Waals surface area contributed by atoms with E-state index in [4.69, 9.17) is 5.73 Å². The number of sulfonamides is 1. The third-order valence-electron chi connectivity index (χ3n) is 3.38. The van der Waals surface area contributed by atoms with Crippen LogP contribution in [0.2, 0.25) is 0 Å². The third kappa shape index (κ3) is 3.84. The van der Waals surface area contributed by atoms with Crippen LogP contribution in [0.1, 0.15) is 16.7 Å². The largest absolute Gasteiger partial charge is 0.399 e. The number of rotatable bonds is 5. The Bertz CT molecular complexity index is 748. The first-order chi connectivity index (χ1) is 10.3. The SMILES string of the molecule is Cc1cc(F)cc(C)c1S(=O)(=O)NCCc1ccc(N)cc1. The van der Waals surface area contributed by atoms with Gasteiger partial charge in [-0.2, -0.15) is 0 Å². The van der Waals surface area contributed by atoms with Gasteiger partial charge in [-0.05, 0) is 61.2 Å². The fourth-order valence-electron chi connectivity index (χ4n) is 2.41. The van der Waals surface area contributed by atoms with Gasteiger partial charge in [0.25, 0.3) is 0 Å². The number of benzene rings is 2. The summed E-state index contributed by atoms with van der Waals surface area (Å²) in [7, 11) is -3.66. The van der Waals surface area contributed by atoms with E-state index in [1.165, 1.54) is 12.1 Å². The first kappa shape index (κ1) is 16.5. The second-order valence-electron chi connectivity index (χ2n) is 5.26. The minimum absolute atomic E-state index is 0.145. The van der Waals surface area contributed by atoms with E-state index in [-0.39, 0.29) is 11.4 Å². The molecule has 0 amide bonds. The number of hydrogen-bond acceptors (Lipinski definition) is 3. The number of nitrogen functional groups attached to an aromatic ring is 1. The van der Waals surface area contributed by atoms with Crippen LogP contribution in [0.25, 0.3) is 0 Å². The molecule has 0 bridgehead atoms. The summed E-state index contributed by atoms with van der Waals surface area (Å²) < 4.78 is 40.6. The summed E-state index contributed by atoms with van der Waals surface area (Å²) >= 11 is 0. The Labute approximate surface area is 130 Å². The molecule has 2 aromatic rings. The Hall–Kier alpha value is -1.92. The average Bonchev–Trinajstić information content (AvgIpc) is 2.39. The van der Waals surface area contributed by atoms with E-state index >= 15 is 0 Å². The number of hydrogen-bond donors (Lipinski definition) is 2. The fraction of sp³-hybridized carbons (Fsp3) is 0.250. The molecule has 0 saturated heterocycles. The highest BCUT2D eigenvalue weighted by molar-refractivity contribution is 7.89. The van der Waals surface area contributed by atoms with Gasteiger partial charge in [0, 0.05) is 12.2 Å². The monoisotopic (exact) mass is 322 g/mol. The molecule has 22 heavy (non-hydrogen) atoms.